The predicted molar refractivity (Wildman–Crippen MR) is 163 cm³/mol. The highest BCUT2D eigenvalue weighted by atomic mass is 16.5. The van der Waals surface area contributed by atoms with E-state index in [1.54, 1.807) is 31.4 Å². The standard InChI is InChI=1S/C33H33N5O3/c1-40-30-19-24(13-16-29(30)41-21-22-7-3-2-4-8-22)31(38-26-14-11-23(12-15-26)32(34)35)33(39)36-18-17-25-20-37-28-10-6-5-9-27(25)28/h2-16,19-20,31,37-38H,17-18,21H2,1H3,(H3,34,35)(H,36,39)/t31-/m1/s1. The Morgan fingerprint density at radius 3 is 2.46 bits per heavy atom. The van der Waals surface area contributed by atoms with Crippen LogP contribution in [0.5, 0.6) is 11.5 Å². The molecular weight excluding hydrogens is 514 g/mol. The van der Waals surface area contributed by atoms with Crippen LogP contribution in [0.25, 0.3) is 10.9 Å². The van der Waals surface area contributed by atoms with Gasteiger partial charge in [0.1, 0.15) is 18.5 Å². The number of carbonyl (C=O) groups is 1. The Bertz CT molecular complexity index is 1630. The van der Waals surface area contributed by atoms with Crippen LogP contribution in [0.4, 0.5) is 5.69 Å². The molecule has 0 bridgehead atoms. The Kier molecular flexibility index (Phi) is 8.49. The molecule has 5 aromatic rings. The molecule has 0 saturated carbocycles. The number of fused-ring (bicyclic) bond motifs is 1. The highest BCUT2D eigenvalue weighted by Gasteiger charge is 2.22. The van der Waals surface area contributed by atoms with Crippen LogP contribution in [0.15, 0.2) is 103 Å². The first-order chi connectivity index (χ1) is 20.0. The summed E-state index contributed by atoms with van der Waals surface area (Å²) in [5.41, 5.74) is 10.9. The summed E-state index contributed by atoms with van der Waals surface area (Å²) >= 11 is 0. The van der Waals surface area contributed by atoms with Crippen LogP contribution < -0.4 is 25.8 Å². The number of anilines is 1. The highest BCUT2D eigenvalue weighted by Crippen LogP contribution is 2.32. The molecule has 0 aliphatic rings. The molecule has 0 fully saturated rings. The third-order valence-electron chi connectivity index (χ3n) is 6.90. The van der Waals surface area contributed by atoms with Crippen LogP contribution in [0.2, 0.25) is 0 Å². The number of ether oxygens (including phenoxy) is 2. The molecule has 208 valence electrons. The van der Waals surface area contributed by atoms with Crippen LogP contribution in [-0.4, -0.2) is 30.4 Å². The molecule has 0 unspecified atom stereocenters. The lowest BCUT2D eigenvalue weighted by molar-refractivity contribution is -0.121. The minimum absolute atomic E-state index is 0.0149. The number of nitrogens with two attached hydrogens (primary N) is 1. The minimum atomic E-state index is -0.710. The number of H-pyrrole nitrogens is 1. The molecule has 41 heavy (non-hydrogen) atoms. The maximum Gasteiger partial charge on any atom is 0.247 e. The molecule has 0 spiro atoms. The van der Waals surface area contributed by atoms with Gasteiger partial charge in [0.2, 0.25) is 5.91 Å². The zero-order valence-electron chi connectivity index (χ0n) is 22.8. The fourth-order valence-corrected chi connectivity index (χ4v) is 4.69. The van der Waals surface area contributed by atoms with Gasteiger partial charge in [-0.15, -0.1) is 0 Å². The van der Waals surface area contributed by atoms with Gasteiger partial charge in [0, 0.05) is 34.9 Å². The van der Waals surface area contributed by atoms with Crippen molar-refractivity contribution in [3.8, 4) is 11.5 Å². The Hall–Kier alpha value is -5.24. The van der Waals surface area contributed by atoms with Crippen molar-refractivity contribution in [1.29, 1.82) is 5.41 Å². The number of carbonyl (C=O) groups excluding carboxylic acids is 1. The van der Waals surface area contributed by atoms with Gasteiger partial charge in [-0.05, 0) is 65.6 Å². The number of amides is 1. The highest BCUT2D eigenvalue weighted by molar-refractivity contribution is 5.95. The molecule has 8 nitrogen and oxygen atoms in total. The van der Waals surface area contributed by atoms with Crippen molar-refractivity contribution in [2.45, 2.75) is 19.1 Å². The fourth-order valence-electron chi connectivity index (χ4n) is 4.69. The normalized spacial score (nSPS) is 11.5. The molecule has 0 aliphatic heterocycles. The second kappa shape index (κ2) is 12.7. The number of nitrogens with one attached hydrogen (secondary N) is 4. The molecule has 1 amide bonds. The summed E-state index contributed by atoms with van der Waals surface area (Å²) < 4.78 is 11.7. The lowest BCUT2D eigenvalue weighted by Crippen LogP contribution is -2.34. The molecular formula is C33H33N5O3. The van der Waals surface area contributed by atoms with Crippen molar-refractivity contribution >= 4 is 28.3 Å². The molecule has 0 aliphatic carbocycles. The number of benzene rings is 4. The summed E-state index contributed by atoms with van der Waals surface area (Å²) in [6.45, 7) is 0.868. The number of amidine groups is 1. The van der Waals surface area contributed by atoms with Crippen LogP contribution in [0.1, 0.15) is 28.3 Å². The first-order valence-corrected chi connectivity index (χ1v) is 13.4. The monoisotopic (exact) mass is 547 g/mol. The van der Waals surface area contributed by atoms with E-state index in [1.807, 2.05) is 72.9 Å². The molecule has 1 heterocycles. The Morgan fingerprint density at radius 1 is 0.951 bits per heavy atom. The Balaban J connectivity index is 1.34. The predicted octanol–water partition coefficient (Wildman–Crippen LogP) is 5.55. The molecule has 8 heteroatoms. The van der Waals surface area contributed by atoms with Crippen molar-refractivity contribution in [1.82, 2.24) is 10.3 Å². The third kappa shape index (κ3) is 6.67. The van der Waals surface area contributed by atoms with Crippen LogP contribution in [-0.2, 0) is 17.8 Å². The quantitative estimate of drug-likeness (QED) is 0.103. The third-order valence-corrected chi connectivity index (χ3v) is 6.90. The van der Waals surface area contributed by atoms with E-state index in [2.05, 4.69) is 21.7 Å². The minimum Gasteiger partial charge on any atom is -0.493 e. The Morgan fingerprint density at radius 2 is 1.71 bits per heavy atom. The summed E-state index contributed by atoms with van der Waals surface area (Å²) in [7, 11) is 1.58. The number of hydrogen-bond donors (Lipinski definition) is 5. The lowest BCUT2D eigenvalue weighted by atomic mass is 10.0. The molecule has 1 atom stereocenters. The molecule has 4 aromatic carbocycles. The number of aromatic amines is 1. The van der Waals surface area contributed by atoms with Crippen molar-refractivity contribution in [2.24, 2.45) is 5.73 Å². The fraction of sp³-hybridized carbons (Fsp3) is 0.152. The van der Waals surface area contributed by atoms with E-state index in [0.29, 0.717) is 42.2 Å². The van der Waals surface area contributed by atoms with Gasteiger partial charge in [-0.2, -0.15) is 0 Å². The van der Waals surface area contributed by atoms with E-state index < -0.39 is 6.04 Å². The van der Waals surface area contributed by atoms with Crippen LogP contribution in [0.3, 0.4) is 0 Å². The van der Waals surface area contributed by atoms with Gasteiger partial charge in [0.15, 0.2) is 11.5 Å². The topological polar surface area (TPSA) is 125 Å². The van der Waals surface area contributed by atoms with E-state index in [1.165, 1.54) is 0 Å². The van der Waals surface area contributed by atoms with Gasteiger partial charge in [-0.25, -0.2) is 0 Å². The largest absolute Gasteiger partial charge is 0.493 e. The van der Waals surface area contributed by atoms with E-state index in [4.69, 9.17) is 20.6 Å². The zero-order valence-corrected chi connectivity index (χ0v) is 22.8. The van der Waals surface area contributed by atoms with Gasteiger partial charge in [0.05, 0.1) is 7.11 Å². The molecule has 0 radical (unpaired) electrons. The van der Waals surface area contributed by atoms with E-state index in [0.717, 1.165) is 27.7 Å². The number of methoxy groups -OCH3 is 1. The summed E-state index contributed by atoms with van der Waals surface area (Å²) in [5, 5.41) is 15.2. The van der Waals surface area contributed by atoms with Crippen LogP contribution in [0, 0.1) is 5.41 Å². The first kappa shape index (κ1) is 27.3. The maximum atomic E-state index is 13.6. The molecule has 0 saturated heterocycles. The van der Waals surface area contributed by atoms with Crippen LogP contribution >= 0.6 is 0 Å². The average molecular weight is 548 g/mol. The van der Waals surface area contributed by atoms with Crippen molar-refractivity contribution in [2.75, 3.05) is 19.0 Å². The second-order valence-electron chi connectivity index (χ2n) is 9.65. The summed E-state index contributed by atoms with van der Waals surface area (Å²) in [4.78, 5) is 16.9. The van der Waals surface area contributed by atoms with Gasteiger partial charge in [0.25, 0.3) is 0 Å². The first-order valence-electron chi connectivity index (χ1n) is 13.4. The molecule has 6 N–H and O–H groups in total. The van der Waals surface area contributed by atoms with Gasteiger partial charge in [-0.1, -0.05) is 54.6 Å². The van der Waals surface area contributed by atoms with E-state index in [9.17, 15) is 4.79 Å². The smallest absolute Gasteiger partial charge is 0.247 e. The maximum absolute atomic E-state index is 13.6. The van der Waals surface area contributed by atoms with E-state index in [-0.39, 0.29) is 11.7 Å². The second-order valence-corrected chi connectivity index (χ2v) is 9.65. The van der Waals surface area contributed by atoms with Crippen molar-refractivity contribution < 1.29 is 14.3 Å². The van der Waals surface area contributed by atoms with Gasteiger partial charge >= 0.3 is 0 Å². The van der Waals surface area contributed by atoms with Crippen molar-refractivity contribution in [3.05, 3.63) is 126 Å². The number of nitrogen functional groups attached to an aromatic ring is 1. The summed E-state index contributed by atoms with van der Waals surface area (Å²) in [6.07, 6.45) is 2.67. The summed E-state index contributed by atoms with van der Waals surface area (Å²) in [6, 6.07) is 29.9. The summed E-state index contributed by atoms with van der Waals surface area (Å²) in [5.74, 6) is 0.924. The Labute approximate surface area is 239 Å². The average Bonchev–Trinajstić information content (AvgIpc) is 3.42. The molecule has 1 aromatic heterocycles. The number of rotatable bonds is 12. The number of hydrogen-bond acceptors (Lipinski definition) is 5. The zero-order chi connectivity index (χ0) is 28.6. The molecule has 5 rings (SSSR count). The number of aromatic nitrogens is 1. The van der Waals surface area contributed by atoms with Gasteiger partial charge in [-0.3, -0.25) is 10.2 Å². The number of para-hydroxylation sites is 1. The van der Waals surface area contributed by atoms with Crippen molar-refractivity contribution in [3.63, 3.8) is 0 Å². The SMILES string of the molecule is COc1cc([C@@H](Nc2ccc(C(=N)N)cc2)C(=O)NCCc2c[nH]c3ccccc23)ccc1OCc1ccccc1. The lowest BCUT2D eigenvalue weighted by Gasteiger charge is -2.22. The van der Waals surface area contributed by atoms with E-state index >= 15 is 0 Å². The van der Waals surface area contributed by atoms with Gasteiger partial charge < -0.3 is 30.8 Å².